The van der Waals surface area contributed by atoms with Crippen LogP contribution in [0.5, 0.6) is 0 Å². The Morgan fingerprint density at radius 1 is 1.26 bits per heavy atom. The molecule has 0 heterocycles. The maximum absolute atomic E-state index is 11.3. The first-order valence-corrected chi connectivity index (χ1v) is 7.18. The number of benzene rings is 1. The quantitative estimate of drug-likeness (QED) is 0.514. The van der Waals surface area contributed by atoms with Crippen LogP contribution in [0.15, 0.2) is 24.3 Å². The second kappa shape index (κ2) is 8.49. The first-order chi connectivity index (χ1) is 9.13. The van der Waals surface area contributed by atoms with Gasteiger partial charge in [-0.15, -0.1) is 0 Å². The van der Waals surface area contributed by atoms with Gasteiger partial charge in [-0.2, -0.15) is 0 Å². The van der Waals surface area contributed by atoms with Crippen molar-refractivity contribution in [2.75, 3.05) is 11.9 Å². The molecule has 0 saturated carbocycles. The van der Waals surface area contributed by atoms with E-state index in [0.29, 0.717) is 18.5 Å². The van der Waals surface area contributed by atoms with Crippen molar-refractivity contribution >= 4 is 27.6 Å². The monoisotopic (exact) mass is 321 g/mol. The third-order valence-corrected chi connectivity index (χ3v) is 3.00. The van der Waals surface area contributed by atoms with Crippen LogP contribution in [0.1, 0.15) is 35.7 Å². The molecule has 1 aromatic carbocycles. The lowest BCUT2D eigenvalue weighted by molar-refractivity contribution is -0.120. The standard InChI is InChI=1S/C15H16BrNO2/c1-12(18)14-8-6-13(7-9-14)4-3-11-17-15(19)5-2-10-16/h6-9H,2,5,10-11H2,1H3,(H,17,19). The Morgan fingerprint density at radius 2 is 1.95 bits per heavy atom. The predicted octanol–water partition coefficient (Wildman–Crippen LogP) is 2.53. The highest BCUT2D eigenvalue weighted by atomic mass is 79.9. The van der Waals surface area contributed by atoms with Gasteiger partial charge in [0.05, 0.1) is 6.54 Å². The highest BCUT2D eigenvalue weighted by Gasteiger charge is 1.98. The van der Waals surface area contributed by atoms with Crippen molar-refractivity contribution in [3.8, 4) is 11.8 Å². The van der Waals surface area contributed by atoms with Crippen LogP contribution < -0.4 is 5.32 Å². The van der Waals surface area contributed by atoms with Crippen LogP contribution in [0.2, 0.25) is 0 Å². The van der Waals surface area contributed by atoms with Crippen LogP contribution in [0.3, 0.4) is 0 Å². The molecule has 0 atom stereocenters. The van der Waals surface area contributed by atoms with Gasteiger partial charge < -0.3 is 5.32 Å². The summed E-state index contributed by atoms with van der Waals surface area (Å²) in [5, 5.41) is 3.56. The van der Waals surface area contributed by atoms with Gasteiger partial charge in [0.15, 0.2) is 5.78 Å². The Bertz CT molecular complexity index is 497. The van der Waals surface area contributed by atoms with Crippen LogP contribution >= 0.6 is 15.9 Å². The summed E-state index contributed by atoms with van der Waals surface area (Å²) < 4.78 is 0. The van der Waals surface area contributed by atoms with E-state index in [-0.39, 0.29) is 11.7 Å². The molecule has 0 aromatic heterocycles. The van der Waals surface area contributed by atoms with Crippen molar-refractivity contribution < 1.29 is 9.59 Å². The van der Waals surface area contributed by atoms with Crippen LogP contribution in [0.25, 0.3) is 0 Å². The average Bonchev–Trinajstić information content (AvgIpc) is 2.41. The van der Waals surface area contributed by atoms with Gasteiger partial charge in [0.25, 0.3) is 0 Å². The van der Waals surface area contributed by atoms with Crippen LogP contribution in [0, 0.1) is 11.8 Å². The lowest BCUT2D eigenvalue weighted by Crippen LogP contribution is -2.23. The summed E-state index contributed by atoms with van der Waals surface area (Å²) in [6, 6.07) is 7.11. The van der Waals surface area contributed by atoms with Gasteiger partial charge in [0.2, 0.25) is 5.91 Å². The summed E-state index contributed by atoms with van der Waals surface area (Å²) >= 11 is 3.27. The summed E-state index contributed by atoms with van der Waals surface area (Å²) in [6.45, 7) is 1.87. The van der Waals surface area contributed by atoms with Gasteiger partial charge in [-0.05, 0) is 25.5 Å². The SMILES string of the molecule is CC(=O)c1ccc(C#CCNC(=O)CCCBr)cc1. The number of carbonyl (C=O) groups is 2. The van der Waals surface area contributed by atoms with Crippen LogP contribution in [0.4, 0.5) is 0 Å². The third kappa shape index (κ3) is 6.21. The maximum atomic E-state index is 11.3. The molecule has 1 rings (SSSR count). The average molecular weight is 322 g/mol. The minimum Gasteiger partial charge on any atom is -0.345 e. The molecule has 0 aliphatic carbocycles. The largest absolute Gasteiger partial charge is 0.345 e. The van der Waals surface area contributed by atoms with Crippen molar-refractivity contribution in [3.05, 3.63) is 35.4 Å². The molecule has 4 heteroatoms. The number of hydrogen-bond donors (Lipinski definition) is 1. The third-order valence-electron chi connectivity index (χ3n) is 2.44. The fourth-order valence-electron chi connectivity index (χ4n) is 1.39. The molecule has 0 fully saturated rings. The van der Waals surface area contributed by atoms with Crippen molar-refractivity contribution in [2.45, 2.75) is 19.8 Å². The molecule has 19 heavy (non-hydrogen) atoms. The number of rotatable bonds is 5. The molecule has 1 N–H and O–H groups in total. The Kier molecular flexibility index (Phi) is 6.91. The van der Waals surface area contributed by atoms with E-state index in [1.54, 1.807) is 24.3 Å². The number of alkyl halides is 1. The van der Waals surface area contributed by atoms with Crippen LogP contribution in [-0.2, 0) is 4.79 Å². The summed E-state index contributed by atoms with van der Waals surface area (Å²) in [7, 11) is 0. The normalized spacial score (nSPS) is 9.37. The maximum Gasteiger partial charge on any atom is 0.220 e. The van der Waals surface area contributed by atoms with E-state index in [4.69, 9.17) is 0 Å². The zero-order valence-corrected chi connectivity index (χ0v) is 12.4. The number of ketones is 1. The molecule has 100 valence electrons. The Balaban J connectivity index is 2.41. The van der Waals surface area contributed by atoms with E-state index in [0.717, 1.165) is 17.3 Å². The number of hydrogen-bond acceptors (Lipinski definition) is 2. The summed E-state index contributed by atoms with van der Waals surface area (Å²) in [5.41, 5.74) is 1.51. The lowest BCUT2D eigenvalue weighted by Gasteiger charge is -1.98. The summed E-state index contributed by atoms with van der Waals surface area (Å²) in [4.78, 5) is 22.4. The van der Waals surface area contributed by atoms with Gasteiger partial charge in [-0.25, -0.2) is 0 Å². The highest BCUT2D eigenvalue weighted by Crippen LogP contribution is 2.03. The molecular formula is C15H16BrNO2. The van der Waals surface area contributed by atoms with E-state index in [9.17, 15) is 9.59 Å². The van der Waals surface area contributed by atoms with Crippen molar-refractivity contribution in [1.82, 2.24) is 5.32 Å². The fraction of sp³-hybridized carbons (Fsp3) is 0.333. The van der Waals surface area contributed by atoms with Crippen molar-refractivity contribution in [3.63, 3.8) is 0 Å². The summed E-state index contributed by atoms with van der Waals surface area (Å²) in [5.74, 6) is 5.87. The molecule has 1 amide bonds. The lowest BCUT2D eigenvalue weighted by atomic mass is 10.1. The second-order valence-electron chi connectivity index (χ2n) is 4.00. The predicted molar refractivity (Wildman–Crippen MR) is 79.4 cm³/mol. The Morgan fingerprint density at radius 3 is 2.53 bits per heavy atom. The van der Waals surface area contributed by atoms with E-state index < -0.39 is 0 Å². The van der Waals surface area contributed by atoms with Gasteiger partial charge in [-0.3, -0.25) is 9.59 Å². The second-order valence-corrected chi connectivity index (χ2v) is 4.80. The molecular weight excluding hydrogens is 306 g/mol. The topological polar surface area (TPSA) is 46.2 Å². The molecule has 0 aliphatic rings. The molecule has 0 bridgehead atoms. The van der Waals surface area contributed by atoms with Gasteiger partial charge in [0, 0.05) is 22.9 Å². The number of amides is 1. The van der Waals surface area contributed by atoms with Crippen molar-refractivity contribution in [1.29, 1.82) is 0 Å². The Labute approximate surface area is 121 Å². The molecule has 0 radical (unpaired) electrons. The zero-order chi connectivity index (χ0) is 14.1. The first kappa shape index (κ1) is 15.5. The minimum absolute atomic E-state index is 0.0145. The molecule has 0 unspecified atom stereocenters. The molecule has 0 aliphatic heterocycles. The number of nitrogens with one attached hydrogen (secondary N) is 1. The van der Waals surface area contributed by atoms with E-state index >= 15 is 0 Å². The van der Waals surface area contributed by atoms with E-state index in [1.165, 1.54) is 6.92 Å². The van der Waals surface area contributed by atoms with Crippen molar-refractivity contribution in [2.24, 2.45) is 0 Å². The van der Waals surface area contributed by atoms with Gasteiger partial charge >= 0.3 is 0 Å². The van der Waals surface area contributed by atoms with Gasteiger partial charge in [0.1, 0.15) is 0 Å². The zero-order valence-electron chi connectivity index (χ0n) is 10.8. The van der Waals surface area contributed by atoms with E-state index in [1.807, 2.05) is 0 Å². The smallest absolute Gasteiger partial charge is 0.220 e. The minimum atomic E-state index is 0.0145. The van der Waals surface area contributed by atoms with E-state index in [2.05, 4.69) is 33.1 Å². The number of Topliss-reactive ketones (excluding diaryl/α,β-unsaturated/α-hetero) is 1. The molecule has 0 saturated heterocycles. The number of carbonyl (C=O) groups excluding carboxylic acids is 2. The summed E-state index contributed by atoms with van der Waals surface area (Å²) in [6.07, 6.45) is 1.34. The fourth-order valence-corrected chi connectivity index (χ4v) is 1.67. The highest BCUT2D eigenvalue weighted by molar-refractivity contribution is 9.09. The molecule has 1 aromatic rings. The molecule has 3 nitrogen and oxygen atoms in total. The van der Waals surface area contributed by atoms with Crippen LogP contribution in [-0.4, -0.2) is 23.6 Å². The first-order valence-electron chi connectivity index (χ1n) is 6.06. The molecule has 0 spiro atoms. The Hall–Kier alpha value is -1.60. The number of halogens is 1. The van der Waals surface area contributed by atoms with Gasteiger partial charge in [-0.1, -0.05) is 39.9 Å².